The van der Waals surface area contributed by atoms with Crippen LogP contribution in [0.5, 0.6) is 0 Å². The summed E-state index contributed by atoms with van der Waals surface area (Å²) in [4.78, 5) is 12.7. The third-order valence-electron chi connectivity index (χ3n) is 2.28. The van der Waals surface area contributed by atoms with Crippen LogP contribution in [0.3, 0.4) is 0 Å². The number of likely N-dealkylation sites (N-methyl/N-ethyl adjacent to an activating group) is 1. The Morgan fingerprint density at radius 1 is 1.47 bits per heavy atom. The summed E-state index contributed by atoms with van der Waals surface area (Å²) < 4.78 is 13.0. The smallest absolute Gasteiger partial charge is 0.307 e. The van der Waals surface area contributed by atoms with Crippen molar-refractivity contribution in [3.63, 3.8) is 0 Å². The lowest BCUT2D eigenvalue weighted by Crippen LogP contribution is -2.21. The number of halogens is 1. The minimum Gasteiger partial charge on any atom is -0.481 e. The monoisotopic (exact) mass is 240 g/mol. The van der Waals surface area contributed by atoms with Crippen molar-refractivity contribution in [2.45, 2.75) is 6.42 Å². The van der Waals surface area contributed by atoms with Crippen molar-refractivity contribution < 1.29 is 14.3 Å². The Morgan fingerprint density at radius 2 is 2.18 bits per heavy atom. The average molecular weight is 240 g/mol. The fourth-order valence-corrected chi connectivity index (χ4v) is 1.46. The van der Waals surface area contributed by atoms with Crippen LogP contribution in [0.15, 0.2) is 18.2 Å². The van der Waals surface area contributed by atoms with Gasteiger partial charge in [0.15, 0.2) is 0 Å². The fourth-order valence-electron chi connectivity index (χ4n) is 1.46. The lowest BCUT2D eigenvalue weighted by Gasteiger charge is -2.14. The molecule has 0 aliphatic heterocycles. The number of rotatable bonds is 6. The van der Waals surface area contributed by atoms with Crippen LogP contribution in [0.1, 0.15) is 5.56 Å². The molecule has 0 fully saturated rings. The summed E-state index contributed by atoms with van der Waals surface area (Å²) >= 11 is 0. The first-order valence-corrected chi connectivity index (χ1v) is 5.38. The van der Waals surface area contributed by atoms with E-state index in [1.54, 1.807) is 6.07 Å². The zero-order valence-electron chi connectivity index (χ0n) is 10.0. The topological polar surface area (TPSA) is 52.6 Å². The molecule has 0 radical (unpaired) electrons. The Bertz CT molecular complexity index is 394. The van der Waals surface area contributed by atoms with Crippen LogP contribution >= 0.6 is 0 Å². The molecule has 0 aliphatic rings. The van der Waals surface area contributed by atoms with E-state index in [0.29, 0.717) is 17.8 Å². The molecule has 1 aromatic rings. The minimum atomic E-state index is -0.966. The molecule has 5 heteroatoms. The Morgan fingerprint density at radius 3 is 2.76 bits per heavy atom. The van der Waals surface area contributed by atoms with Crippen molar-refractivity contribution in [2.24, 2.45) is 0 Å². The molecule has 1 aromatic carbocycles. The van der Waals surface area contributed by atoms with Crippen molar-refractivity contribution in [2.75, 3.05) is 32.5 Å². The van der Waals surface area contributed by atoms with Crippen LogP contribution in [0.4, 0.5) is 10.1 Å². The third-order valence-corrected chi connectivity index (χ3v) is 2.28. The number of nitrogens with one attached hydrogen (secondary N) is 1. The Kier molecular flexibility index (Phi) is 4.90. The Balaban J connectivity index is 2.72. The third kappa shape index (κ3) is 4.82. The summed E-state index contributed by atoms with van der Waals surface area (Å²) in [6, 6.07) is 4.15. The second kappa shape index (κ2) is 6.20. The summed E-state index contributed by atoms with van der Waals surface area (Å²) in [6.45, 7) is 1.51. The molecular formula is C12H17FN2O2. The number of aliphatic carboxylic acids is 1. The lowest BCUT2D eigenvalue weighted by atomic mass is 10.1. The molecule has 94 valence electrons. The largest absolute Gasteiger partial charge is 0.481 e. The van der Waals surface area contributed by atoms with Gasteiger partial charge in [-0.1, -0.05) is 0 Å². The van der Waals surface area contributed by atoms with E-state index in [1.807, 2.05) is 19.0 Å². The fraction of sp³-hybridized carbons (Fsp3) is 0.417. The van der Waals surface area contributed by atoms with Gasteiger partial charge in [-0.25, -0.2) is 4.39 Å². The van der Waals surface area contributed by atoms with Gasteiger partial charge in [0.1, 0.15) is 5.82 Å². The number of benzene rings is 1. The van der Waals surface area contributed by atoms with Gasteiger partial charge < -0.3 is 15.3 Å². The number of anilines is 1. The quantitative estimate of drug-likeness (QED) is 0.789. The number of nitrogens with zero attached hydrogens (tertiary/aromatic N) is 1. The molecule has 0 spiro atoms. The second-order valence-electron chi connectivity index (χ2n) is 4.10. The van der Waals surface area contributed by atoms with E-state index < -0.39 is 11.8 Å². The zero-order valence-corrected chi connectivity index (χ0v) is 10.0. The van der Waals surface area contributed by atoms with Gasteiger partial charge in [-0.3, -0.25) is 4.79 Å². The molecule has 0 unspecified atom stereocenters. The van der Waals surface area contributed by atoms with Crippen LogP contribution in [0.2, 0.25) is 0 Å². The maximum atomic E-state index is 13.0. The van der Waals surface area contributed by atoms with E-state index in [4.69, 9.17) is 5.11 Å². The summed E-state index contributed by atoms with van der Waals surface area (Å²) in [7, 11) is 3.90. The average Bonchev–Trinajstić information content (AvgIpc) is 2.20. The van der Waals surface area contributed by atoms with Crippen LogP contribution < -0.4 is 5.32 Å². The highest BCUT2D eigenvalue weighted by Gasteiger charge is 2.08. The van der Waals surface area contributed by atoms with Crippen LogP contribution in [0.25, 0.3) is 0 Å². The van der Waals surface area contributed by atoms with Gasteiger partial charge in [0, 0.05) is 18.8 Å². The van der Waals surface area contributed by atoms with Crippen LogP contribution in [-0.2, 0) is 11.2 Å². The summed E-state index contributed by atoms with van der Waals surface area (Å²) in [5, 5.41) is 11.8. The SMILES string of the molecule is CN(C)CCNc1ccc(F)cc1CC(=O)O. The molecule has 0 saturated heterocycles. The van der Waals surface area contributed by atoms with Crippen molar-refractivity contribution in [3.8, 4) is 0 Å². The molecule has 2 N–H and O–H groups in total. The van der Waals surface area contributed by atoms with E-state index in [2.05, 4.69) is 5.32 Å². The Hall–Kier alpha value is -1.62. The zero-order chi connectivity index (χ0) is 12.8. The summed E-state index contributed by atoms with van der Waals surface area (Å²) in [5.74, 6) is -1.38. The normalized spacial score (nSPS) is 10.6. The van der Waals surface area contributed by atoms with Gasteiger partial charge in [-0.05, 0) is 37.9 Å². The predicted molar refractivity (Wildman–Crippen MR) is 64.8 cm³/mol. The molecular weight excluding hydrogens is 223 g/mol. The maximum absolute atomic E-state index is 13.0. The van der Waals surface area contributed by atoms with Gasteiger partial charge >= 0.3 is 5.97 Å². The number of carboxylic acids is 1. The molecule has 0 aliphatic carbocycles. The van der Waals surface area contributed by atoms with E-state index in [0.717, 1.165) is 6.54 Å². The first kappa shape index (κ1) is 13.4. The first-order chi connectivity index (χ1) is 7.99. The minimum absolute atomic E-state index is 0.179. The van der Waals surface area contributed by atoms with Gasteiger partial charge in [-0.15, -0.1) is 0 Å². The highest BCUT2D eigenvalue weighted by atomic mass is 19.1. The number of carboxylic acid groups (broad SMARTS) is 1. The van der Waals surface area contributed by atoms with Crippen molar-refractivity contribution in [1.82, 2.24) is 4.90 Å². The lowest BCUT2D eigenvalue weighted by molar-refractivity contribution is -0.136. The highest BCUT2D eigenvalue weighted by Crippen LogP contribution is 2.17. The number of hydrogen-bond acceptors (Lipinski definition) is 3. The van der Waals surface area contributed by atoms with Gasteiger partial charge in [-0.2, -0.15) is 0 Å². The molecule has 0 saturated carbocycles. The summed E-state index contributed by atoms with van der Waals surface area (Å²) in [5.41, 5.74) is 1.15. The summed E-state index contributed by atoms with van der Waals surface area (Å²) in [6.07, 6.45) is -0.179. The second-order valence-corrected chi connectivity index (χ2v) is 4.10. The molecule has 0 heterocycles. The number of carbonyl (C=O) groups is 1. The predicted octanol–water partition coefficient (Wildman–Crippen LogP) is 1.43. The first-order valence-electron chi connectivity index (χ1n) is 5.38. The molecule has 0 bridgehead atoms. The van der Waals surface area contributed by atoms with Gasteiger partial charge in [0.2, 0.25) is 0 Å². The van der Waals surface area contributed by atoms with Crippen LogP contribution in [0, 0.1) is 5.82 Å². The standard InChI is InChI=1S/C12H17FN2O2/c1-15(2)6-5-14-11-4-3-10(13)7-9(11)8-12(16)17/h3-4,7,14H,5-6,8H2,1-2H3,(H,16,17). The van der Waals surface area contributed by atoms with E-state index in [-0.39, 0.29) is 6.42 Å². The molecule has 0 atom stereocenters. The molecule has 17 heavy (non-hydrogen) atoms. The van der Waals surface area contributed by atoms with Gasteiger partial charge in [0.25, 0.3) is 0 Å². The van der Waals surface area contributed by atoms with Gasteiger partial charge in [0.05, 0.1) is 6.42 Å². The molecule has 0 amide bonds. The van der Waals surface area contributed by atoms with E-state index in [9.17, 15) is 9.18 Å². The van der Waals surface area contributed by atoms with E-state index in [1.165, 1.54) is 12.1 Å². The highest BCUT2D eigenvalue weighted by molar-refractivity contribution is 5.73. The van der Waals surface area contributed by atoms with E-state index >= 15 is 0 Å². The van der Waals surface area contributed by atoms with Crippen molar-refractivity contribution in [1.29, 1.82) is 0 Å². The Labute approximate surface area is 100 Å². The van der Waals surface area contributed by atoms with Crippen molar-refractivity contribution >= 4 is 11.7 Å². The van der Waals surface area contributed by atoms with Crippen LogP contribution in [-0.4, -0.2) is 43.2 Å². The molecule has 0 aromatic heterocycles. The maximum Gasteiger partial charge on any atom is 0.307 e. The number of hydrogen-bond donors (Lipinski definition) is 2. The van der Waals surface area contributed by atoms with Crippen molar-refractivity contribution in [3.05, 3.63) is 29.6 Å². The molecule has 1 rings (SSSR count). The molecule has 4 nitrogen and oxygen atoms in total.